The van der Waals surface area contributed by atoms with E-state index in [-0.39, 0.29) is 0 Å². The summed E-state index contributed by atoms with van der Waals surface area (Å²) < 4.78 is 37.4. The number of amides is 3. The molecule has 0 aliphatic rings. The summed E-state index contributed by atoms with van der Waals surface area (Å²) in [5, 5.41) is 10.4. The van der Waals surface area contributed by atoms with Gasteiger partial charge < -0.3 is 10.6 Å². The molecule has 10 heteroatoms. The van der Waals surface area contributed by atoms with Gasteiger partial charge in [0.25, 0.3) is 0 Å². The van der Waals surface area contributed by atoms with Gasteiger partial charge in [-0.25, -0.2) is 4.79 Å². The van der Waals surface area contributed by atoms with Crippen LogP contribution >= 0.6 is 0 Å². The third kappa shape index (κ3) is 5.62. The van der Waals surface area contributed by atoms with Crippen LogP contribution in [0.5, 0.6) is 0 Å². The van der Waals surface area contributed by atoms with E-state index in [9.17, 15) is 22.8 Å². The van der Waals surface area contributed by atoms with E-state index in [0.29, 0.717) is 12.1 Å². The molecule has 1 rings (SSSR count). The summed E-state index contributed by atoms with van der Waals surface area (Å²) in [6.07, 6.45) is -2.22. The maximum Gasteiger partial charge on any atom is 0.405 e. The number of aromatic nitrogens is 2. The zero-order chi connectivity index (χ0) is 16.9. The highest BCUT2D eigenvalue weighted by Gasteiger charge is 2.28. The van der Waals surface area contributed by atoms with Gasteiger partial charge in [0, 0.05) is 13.2 Å². The van der Waals surface area contributed by atoms with Gasteiger partial charge in [0.1, 0.15) is 12.6 Å². The first-order valence-corrected chi connectivity index (χ1v) is 6.57. The van der Waals surface area contributed by atoms with Crippen LogP contribution in [0.4, 0.5) is 23.7 Å². The van der Waals surface area contributed by atoms with E-state index in [2.05, 4.69) is 10.4 Å². The lowest BCUT2D eigenvalue weighted by Crippen LogP contribution is -2.47. The molecule has 3 amide bonds. The molecule has 124 valence electrons. The number of hydrogen-bond donors (Lipinski definition) is 3. The predicted molar refractivity (Wildman–Crippen MR) is 73.3 cm³/mol. The van der Waals surface area contributed by atoms with Crippen LogP contribution in [0.15, 0.2) is 6.20 Å². The number of nitrogens with one attached hydrogen (secondary N) is 3. The topological polar surface area (TPSA) is 88.1 Å². The average molecular weight is 321 g/mol. The fraction of sp³-hybridized carbons (Fsp3) is 0.583. The Morgan fingerprint density at radius 3 is 2.59 bits per heavy atom. The van der Waals surface area contributed by atoms with Crippen LogP contribution in [0.25, 0.3) is 0 Å². The SMILES string of the molecule is CCc1nn(C)cc1N[C@H](C)C(=O)NC(=O)NCC(F)(F)F. The number of halogens is 3. The summed E-state index contributed by atoms with van der Waals surface area (Å²) in [4.78, 5) is 22.9. The fourth-order valence-corrected chi connectivity index (χ4v) is 1.66. The third-order valence-corrected chi connectivity index (χ3v) is 2.69. The van der Waals surface area contributed by atoms with Crippen molar-refractivity contribution in [2.75, 3.05) is 11.9 Å². The second-order valence-electron chi connectivity index (χ2n) is 4.67. The monoisotopic (exact) mass is 321 g/mol. The first kappa shape index (κ1) is 17.8. The van der Waals surface area contributed by atoms with Crippen LogP contribution in [0, 0.1) is 0 Å². The van der Waals surface area contributed by atoms with Crippen molar-refractivity contribution in [3.05, 3.63) is 11.9 Å². The molecule has 3 N–H and O–H groups in total. The highest BCUT2D eigenvalue weighted by molar-refractivity contribution is 5.98. The Balaban J connectivity index is 2.53. The molecule has 1 heterocycles. The molecule has 0 radical (unpaired) electrons. The summed E-state index contributed by atoms with van der Waals surface area (Å²) in [5.41, 5.74) is 1.37. The van der Waals surface area contributed by atoms with Crippen LogP contribution in [0.2, 0.25) is 0 Å². The Morgan fingerprint density at radius 2 is 2.05 bits per heavy atom. The van der Waals surface area contributed by atoms with E-state index in [0.717, 1.165) is 5.69 Å². The van der Waals surface area contributed by atoms with Crippen molar-refractivity contribution in [3.8, 4) is 0 Å². The maximum atomic E-state index is 11.9. The van der Waals surface area contributed by atoms with E-state index in [1.165, 1.54) is 6.92 Å². The van der Waals surface area contributed by atoms with Crippen LogP contribution < -0.4 is 16.0 Å². The molecule has 22 heavy (non-hydrogen) atoms. The number of carbonyl (C=O) groups excluding carboxylic acids is 2. The largest absolute Gasteiger partial charge is 0.405 e. The number of urea groups is 1. The summed E-state index contributed by atoms with van der Waals surface area (Å²) >= 11 is 0. The molecule has 0 unspecified atom stereocenters. The van der Waals surface area contributed by atoms with E-state index >= 15 is 0 Å². The summed E-state index contributed by atoms with van der Waals surface area (Å²) in [5.74, 6) is -0.745. The van der Waals surface area contributed by atoms with Crippen molar-refractivity contribution in [1.29, 1.82) is 0 Å². The molecule has 0 aromatic carbocycles. The standard InChI is InChI=1S/C12H18F3N5O2/c1-4-8-9(5-20(3)19-8)17-7(2)10(21)18-11(22)16-6-12(13,14)15/h5,7,17H,4,6H2,1-3H3,(H2,16,18,21,22)/t7-/m1/s1. The van der Waals surface area contributed by atoms with Crippen LogP contribution in [0.3, 0.4) is 0 Å². The van der Waals surface area contributed by atoms with Gasteiger partial charge in [0.15, 0.2) is 0 Å². The lowest BCUT2D eigenvalue weighted by molar-refractivity contribution is -0.124. The molecule has 0 saturated heterocycles. The Bertz CT molecular complexity index is 541. The number of anilines is 1. The number of carbonyl (C=O) groups is 2. The average Bonchev–Trinajstić information content (AvgIpc) is 2.75. The lowest BCUT2D eigenvalue weighted by atomic mass is 10.2. The third-order valence-electron chi connectivity index (χ3n) is 2.69. The molecule has 0 fully saturated rings. The molecule has 1 aromatic heterocycles. The minimum Gasteiger partial charge on any atom is -0.371 e. The van der Waals surface area contributed by atoms with Crippen molar-refractivity contribution in [2.24, 2.45) is 7.05 Å². The van der Waals surface area contributed by atoms with Gasteiger partial charge in [-0.2, -0.15) is 18.3 Å². The Morgan fingerprint density at radius 1 is 1.41 bits per heavy atom. The molecular formula is C12H18F3N5O2. The Hall–Kier alpha value is -2.26. The van der Waals surface area contributed by atoms with Crippen LogP contribution in [0.1, 0.15) is 19.5 Å². The van der Waals surface area contributed by atoms with Gasteiger partial charge in [0.05, 0.1) is 11.4 Å². The van der Waals surface area contributed by atoms with Gasteiger partial charge in [-0.3, -0.25) is 14.8 Å². The zero-order valence-corrected chi connectivity index (χ0v) is 12.4. The van der Waals surface area contributed by atoms with E-state index in [4.69, 9.17) is 0 Å². The number of imide groups is 1. The molecule has 1 atom stereocenters. The van der Waals surface area contributed by atoms with E-state index in [1.54, 1.807) is 23.2 Å². The Labute approximate surface area is 125 Å². The molecule has 0 aliphatic heterocycles. The summed E-state index contributed by atoms with van der Waals surface area (Å²) in [6, 6.07) is -2.01. The van der Waals surface area contributed by atoms with E-state index in [1.807, 2.05) is 12.2 Å². The maximum absolute atomic E-state index is 11.9. The fourth-order valence-electron chi connectivity index (χ4n) is 1.66. The van der Waals surface area contributed by atoms with E-state index < -0.39 is 30.7 Å². The van der Waals surface area contributed by atoms with Crippen molar-refractivity contribution in [2.45, 2.75) is 32.5 Å². The lowest BCUT2D eigenvalue weighted by Gasteiger charge is -2.15. The minimum absolute atomic E-state index is 0.628. The minimum atomic E-state index is -4.53. The molecule has 1 aromatic rings. The molecule has 0 aliphatic carbocycles. The zero-order valence-electron chi connectivity index (χ0n) is 12.4. The molecule has 0 saturated carbocycles. The molecule has 0 bridgehead atoms. The molecule has 0 spiro atoms. The Kier molecular flexibility index (Phi) is 5.77. The summed E-state index contributed by atoms with van der Waals surface area (Å²) in [7, 11) is 1.72. The second kappa shape index (κ2) is 7.14. The van der Waals surface area contributed by atoms with Gasteiger partial charge in [0.2, 0.25) is 5.91 Å². The normalized spacial score (nSPS) is 12.6. The predicted octanol–water partition coefficient (Wildman–Crippen LogP) is 1.17. The van der Waals surface area contributed by atoms with Crippen molar-refractivity contribution in [3.63, 3.8) is 0 Å². The van der Waals surface area contributed by atoms with Crippen LogP contribution in [-0.4, -0.2) is 40.5 Å². The number of rotatable bonds is 5. The van der Waals surface area contributed by atoms with Crippen molar-refractivity contribution >= 4 is 17.6 Å². The van der Waals surface area contributed by atoms with Crippen molar-refractivity contribution < 1.29 is 22.8 Å². The van der Waals surface area contributed by atoms with Gasteiger partial charge >= 0.3 is 12.2 Å². The van der Waals surface area contributed by atoms with Crippen LogP contribution in [-0.2, 0) is 18.3 Å². The summed E-state index contributed by atoms with van der Waals surface area (Å²) in [6.45, 7) is 1.87. The number of alkyl halides is 3. The molecular weight excluding hydrogens is 303 g/mol. The molecule has 7 nitrogen and oxygen atoms in total. The number of aryl methyl sites for hydroxylation is 2. The first-order chi connectivity index (χ1) is 10.1. The van der Waals surface area contributed by atoms with Crippen molar-refractivity contribution in [1.82, 2.24) is 20.4 Å². The second-order valence-corrected chi connectivity index (χ2v) is 4.67. The highest BCUT2D eigenvalue weighted by atomic mass is 19.4. The van der Waals surface area contributed by atoms with Gasteiger partial charge in [-0.15, -0.1) is 0 Å². The highest BCUT2D eigenvalue weighted by Crippen LogP contribution is 2.15. The number of hydrogen-bond acceptors (Lipinski definition) is 4. The first-order valence-electron chi connectivity index (χ1n) is 6.57. The van der Waals surface area contributed by atoms with Gasteiger partial charge in [-0.05, 0) is 13.3 Å². The number of nitrogens with zero attached hydrogens (tertiary/aromatic N) is 2. The quantitative estimate of drug-likeness (QED) is 0.760. The smallest absolute Gasteiger partial charge is 0.371 e. The van der Waals surface area contributed by atoms with Gasteiger partial charge in [-0.1, -0.05) is 6.92 Å².